The lowest BCUT2D eigenvalue weighted by atomic mass is 9.95. The molecule has 0 atom stereocenters. The SMILES string of the molecule is CCN(Cc1ccc(C#CCCO)cc1)CC1CCN(CCc2ccccc2C)CC1. The molecule has 1 fully saturated rings. The van der Waals surface area contributed by atoms with Crippen molar-refractivity contribution >= 4 is 0 Å². The normalized spacial score (nSPS) is 15.1. The molecule has 2 aromatic rings. The maximum absolute atomic E-state index is 8.84. The van der Waals surface area contributed by atoms with E-state index in [1.165, 1.54) is 62.1 Å². The van der Waals surface area contributed by atoms with Crippen molar-refractivity contribution in [3.8, 4) is 11.8 Å². The van der Waals surface area contributed by atoms with E-state index in [9.17, 15) is 0 Å². The highest BCUT2D eigenvalue weighted by molar-refractivity contribution is 5.36. The number of nitrogens with zero attached hydrogens (tertiary/aromatic N) is 2. The second-order valence-corrected chi connectivity index (χ2v) is 8.76. The standard InChI is InChI=1S/C28H38N2O/c1-3-29(22-26-13-11-25(12-14-26)9-6-7-21-31)23-27-15-18-30(19-16-27)20-17-28-10-5-4-8-24(28)2/h4-5,8,10-14,27,31H,3,7,15-23H2,1-2H3. The number of hydrogen-bond acceptors (Lipinski definition) is 3. The summed E-state index contributed by atoms with van der Waals surface area (Å²) in [5, 5.41) is 8.84. The average molecular weight is 419 g/mol. The van der Waals surface area contributed by atoms with Gasteiger partial charge in [0.2, 0.25) is 0 Å². The van der Waals surface area contributed by atoms with Crippen LogP contribution >= 0.6 is 0 Å². The highest BCUT2D eigenvalue weighted by Crippen LogP contribution is 2.20. The third kappa shape index (κ3) is 7.82. The number of piperidine rings is 1. The van der Waals surface area contributed by atoms with Crippen LogP contribution in [0.4, 0.5) is 0 Å². The number of aliphatic hydroxyl groups is 1. The van der Waals surface area contributed by atoms with Crippen molar-refractivity contribution < 1.29 is 5.11 Å². The molecule has 0 spiro atoms. The Morgan fingerprint density at radius 1 is 1.06 bits per heavy atom. The largest absolute Gasteiger partial charge is 0.395 e. The molecule has 0 saturated carbocycles. The smallest absolute Gasteiger partial charge is 0.0540 e. The summed E-state index contributed by atoms with van der Waals surface area (Å²) in [7, 11) is 0. The molecule has 0 aromatic heterocycles. The fraction of sp³-hybridized carbons (Fsp3) is 0.500. The minimum atomic E-state index is 0.127. The van der Waals surface area contributed by atoms with Crippen molar-refractivity contribution in [1.82, 2.24) is 9.80 Å². The molecule has 31 heavy (non-hydrogen) atoms. The van der Waals surface area contributed by atoms with Crippen LogP contribution in [0.25, 0.3) is 0 Å². The topological polar surface area (TPSA) is 26.7 Å². The van der Waals surface area contributed by atoms with Gasteiger partial charge < -0.3 is 10.0 Å². The molecule has 0 amide bonds. The molecule has 3 rings (SSSR count). The first-order chi connectivity index (χ1) is 15.2. The maximum Gasteiger partial charge on any atom is 0.0540 e. The summed E-state index contributed by atoms with van der Waals surface area (Å²) in [5.41, 5.74) is 5.29. The number of hydrogen-bond donors (Lipinski definition) is 1. The zero-order chi connectivity index (χ0) is 21.9. The molecule has 0 radical (unpaired) electrons. The Hall–Kier alpha value is -2.12. The summed E-state index contributed by atoms with van der Waals surface area (Å²) in [6, 6.07) is 17.4. The van der Waals surface area contributed by atoms with Crippen molar-refractivity contribution in [2.75, 3.05) is 39.3 Å². The maximum atomic E-state index is 8.84. The van der Waals surface area contributed by atoms with E-state index in [2.05, 4.69) is 84.0 Å². The molecular formula is C28H38N2O. The van der Waals surface area contributed by atoms with Crippen LogP contribution in [0.2, 0.25) is 0 Å². The second kappa shape index (κ2) is 12.7. The van der Waals surface area contributed by atoms with E-state index in [0.29, 0.717) is 6.42 Å². The fourth-order valence-electron chi connectivity index (χ4n) is 4.40. The molecule has 1 saturated heterocycles. The van der Waals surface area contributed by atoms with E-state index in [4.69, 9.17) is 5.11 Å². The third-order valence-electron chi connectivity index (χ3n) is 6.46. The van der Waals surface area contributed by atoms with E-state index in [-0.39, 0.29) is 6.61 Å². The molecule has 166 valence electrons. The Labute approximate surface area is 189 Å². The van der Waals surface area contributed by atoms with Crippen LogP contribution in [-0.2, 0) is 13.0 Å². The molecular weight excluding hydrogens is 380 g/mol. The highest BCUT2D eigenvalue weighted by Gasteiger charge is 2.21. The van der Waals surface area contributed by atoms with Crippen molar-refractivity contribution in [2.45, 2.75) is 46.1 Å². The minimum Gasteiger partial charge on any atom is -0.395 e. The van der Waals surface area contributed by atoms with Crippen LogP contribution in [0.15, 0.2) is 48.5 Å². The van der Waals surface area contributed by atoms with Gasteiger partial charge in [-0.15, -0.1) is 0 Å². The molecule has 0 bridgehead atoms. The summed E-state index contributed by atoms with van der Waals surface area (Å²) in [5.74, 6) is 6.90. The second-order valence-electron chi connectivity index (χ2n) is 8.76. The first-order valence-electron chi connectivity index (χ1n) is 11.9. The van der Waals surface area contributed by atoms with Gasteiger partial charge in [0.15, 0.2) is 0 Å². The lowest BCUT2D eigenvalue weighted by molar-refractivity contribution is 0.143. The molecule has 1 aliphatic rings. The van der Waals surface area contributed by atoms with Gasteiger partial charge in [-0.3, -0.25) is 4.90 Å². The lowest BCUT2D eigenvalue weighted by Gasteiger charge is -2.34. The van der Waals surface area contributed by atoms with Crippen molar-refractivity contribution in [2.24, 2.45) is 5.92 Å². The third-order valence-corrected chi connectivity index (χ3v) is 6.46. The van der Waals surface area contributed by atoms with Crippen molar-refractivity contribution in [3.05, 3.63) is 70.8 Å². The van der Waals surface area contributed by atoms with Crippen LogP contribution in [0.1, 0.15) is 48.4 Å². The zero-order valence-electron chi connectivity index (χ0n) is 19.3. The number of benzene rings is 2. The van der Waals surface area contributed by atoms with Crippen LogP contribution in [-0.4, -0.2) is 54.2 Å². The van der Waals surface area contributed by atoms with Crippen molar-refractivity contribution in [3.63, 3.8) is 0 Å². The Morgan fingerprint density at radius 2 is 1.81 bits per heavy atom. The molecule has 2 aromatic carbocycles. The summed E-state index contributed by atoms with van der Waals surface area (Å²) in [6.45, 7) is 11.6. The van der Waals surface area contributed by atoms with E-state index in [0.717, 1.165) is 24.6 Å². The molecule has 1 aliphatic heterocycles. The summed E-state index contributed by atoms with van der Waals surface area (Å²) < 4.78 is 0. The number of aliphatic hydroxyl groups excluding tert-OH is 1. The zero-order valence-corrected chi connectivity index (χ0v) is 19.3. The quantitative estimate of drug-likeness (QED) is 0.607. The monoisotopic (exact) mass is 418 g/mol. The predicted molar refractivity (Wildman–Crippen MR) is 130 cm³/mol. The van der Waals surface area contributed by atoms with Gasteiger partial charge in [0.05, 0.1) is 6.61 Å². The molecule has 0 aliphatic carbocycles. The Kier molecular flexibility index (Phi) is 9.62. The first-order valence-corrected chi connectivity index (χ1v) is 11.9. The van der Waals surface area contributed by atoms with Gasteiger partial charge in [0, 0.05) is 31.6 Å². The van der Waals surface area contributed by atoms with E-state index >= 15 is 0 Å². The summed E-state index contributed by atoms with van der Waals surface area (Å²) in [4.78, 5) is 5.23. The van der Waals surface area contributed by atoms with Gasteiger partial charge in [-0.1, -0.05) is 55.2 Å². The van der Waals surface area contributed by atoms with Crippen LogP contribution in [0, 0.1) is 24.7 Å². The van der Waals surface area contributed by atoms with Gasteiger partial charge in [0.25, 0.3) is 0 Å². The Bertz CT molecular complexity index is 841. The molecule has 3 nitrogen and oxygen atoms in total. The van der Waals surface area contributed by atoms with Gasteiger partial charge in [-0.25, -0.2) is 0 Å². The van der Waals surface area contributed by atoms with E-state index in [1.54, 1.807) is 0 Å². The molecule has 0 unspecified atom stereocenters. The van der Waals surface area contributed by atoms with E-state index < -0.39 is 0 Å². The molecule has 3 heteroatoms. The highest BCUT2D eigenvalue weighted by atomic mass is 16.2. The van der Waals surface area contributed by atoms with Gasteiger partial charge in [-0.2, -0.15) is 0 Å². The summed E-state index contributed by atoms with van der Waals surface area (Å²) in [6.07, 6.45) is 4.32. The lowest BCUT2D eigenvalue weighted by Crippen LogP contribution is -2.39. The molecule has 1 heterocycles. The van der Waals surface area contributed by atoms with Crippen LogP contribution in [0.3, 0.4) is 0 Å². The number of likely N-dealkylation sites (tertiary alicyclic amines) is 1. The van der Waals surface area contributed by atoms with Gasteiger partial charge in [-0.05, 0) is 80.6 Å². The van der Waals surface area contributed by atoms with Gasteiger partial charge in [0.1, 0.15) is 0 Å². The van der Waals surface area contributed by atoms with Crippen molar-refractivity contribution in [1.29, 1.82) is 0 Å². The fourth-order valence-corrected chi connectivity index (χ4v) is 4.40. The first kappa shape index (κ1) is 23.5. The van der Waals surface area contributed by atoms with E-state index in [1.807, 2.05) is 0 Å². The van der Waals surface area contributed by atoms with Crippen LogP contribution < -0.4 is 0 Å². The number of aryl methyl sites for hydroxylation is 1. The predicted octanol–water partition coefficient (Wildman–Crippen LogP) is 4.51. The Morgan fingerprint density at radius 3 is 2.48 bits per heavy atom. The Balaban J connectivity index is 1.41. The minimum absolute atomic E-state index is 0.127. The average Bonchev–Trinajstić information content (AvgIpc) is 2.80. The molecule has 1 N–H and O–H groups in total. The van der Waals surface area contributed by atoms with Gasteiger partial charge >= 0.3 is 0 Å². The number of rotatable bonds is 9. The summed E-state index contributed by atoms with van der Waals surface area (Å²) >= 11 is 0. The van der Waals surface area contributed by atoms with Crippen LogP contribution in [0.5, 0.6) is 0 Å².